The molecule has 2 aromatic rings. The van der Waals surface area contributed by atoms with Crippen molar-refractivity contribution in [3.8, 4) is 11.5 Å². The van der Waals surface area contributed by atoms with Crippen LogP contribution in [0.5, 0.6) is 11.5 Å². The van der Waals surface area contributed by atoms with Gasteiger partial charge in [0.1, 0.15) is 11.5 Å². The predicted octanol–water partition coefficient (Wildman–Crippen LogP) is 8.01. The predicted molar refractivity (Wildman–Crippen MR) is 129 cm³/mol. The smallest absolute Gasteiger partial charge is 0.343 e. The van der Waals surface area contributed by atoms with E-state index in [9.17, 15) is 4.79 Å². The Morgan fingerprint density at radius 3 is 2.10 bits per heavy atom. The first-order chi connectivity index (χ1) is 15.0. The van der Waals surface area contributed by atoms with Crippen molar-refractivity contribution < 1.29 is 14.3 Å². The number of ether oxygens (including phenoxy) is 2. The van der Waals surface area contributed by atoms with Crippen molar-refractivity contribution in [1.29, 1.82) is 0 Å². The van der Waals surface area contributed by atoms with E-state index in [4.69, 9.17) is 9.47 Å². The van der Waals surface area contributed by atoms with E-state index in [1.807, 2.05) is 24.3 Å². The second-order valence-electron chi connectivity index (χ2n) is 8.74. The Labute approximate surface area is 189 Å². The van der Waals surface area contributed by atoms with Gasteiger partial charge in [-0.15, -0.1) is 0 Å². The number of esters is 1. The molecule has 0 aromatic heterocycles. The molecule has 0 radical (unpaired) electrons. The quantitative estimate of drug-likeness (QED) is 0.175. The minimum Gasteiger partial charge on any atom is -0.491 e. The van der Waals surface area contributed by atoms with Crippen LogP contribution in [0.15, 0.2) is 48.5 Å². The van der Waals surface area contributed by atoms with E-state index in [2.05, 4.69) is 39.8 Å². The molecule has 3 nitrogen and oxygen atoms in total. The van der Waals surface area contributed by atoms with Crippen LogP contribution in [0.2, 0.25) is 0 Å². The summed E-state index contributed by atoms with van der Waals surface area (Å²) in [6.45, 7) is 8.81. The van der Waals surface area contributed by atoms with Crippen LogP contribution in [0.4, 0.5) is 0 Å². The first-order valence-electron chi connectivity index (χ1n) is 12.1. The summed E-state index contributed by atoms with van der Waals surface area (Å²) in [6, 6.07) is 15.1. The zero-order chi connectivity index (χ0) is 22.5. The lowest BCUT2D eigenvalue weighted by Crippen LogP contribution is -2.11. The van der Waals surface area contributed by atoms with Crippen molar-refractivity contribution in [2.24, 2.45) is 5.92 Å². The van der Waals surface area contributed by atoms with Gasteiger partial charge in [0, 0.05) is 0 Å². The van der Waals surface area contributed by atoms with Gasteiger partial charge in [0.15, 0.2) is 0 Å². The van der Waals surface area contributed by atoms with Crippen molar-refractivity contribution in [3.05, 3.63) is 59.7 Å². The third-order valence-corrected chi connectivity index (χ3v) is 5.87. The molecule has 2 rings (SSSR count). The summed E-state index contributed by atoms with van der Waals surface area (Å²) in [5, 5.41) is 0. The molecule has 0 N–H and O–H groups in total. The lowest BCUT2D eigenvalue weighted by molar-refractivity contribution is 0.0734. The molecule has 31 heavy (non-hydrogen) atoms. The molecule has 0 bridgehead atoms. The Morgan fingerprint density at radius 1 is 0.806 bits per heavy atom. The van der Waals surface area contributed by atoms with Crippen molar-refractivity contribution in [1.82, 2.24) is 0 Å². The maximum atomic E-state index is 12.4. The number of carbonyl (C=O) groups is 1. The van der Waals surface area contributed by atoms with Crippen LogP contribution in [0, 0.1) is 5.92 Å². The fraction of sp³-hybridized carbons (Fsp3) is 0.536. The van der Waals surface area contributed by atoms with Gasteiger partial charge in [-0.2, -0.15) is 0 Å². The number of rotatable bonds is 14. The molecule has 0 spiro atoms. The van der Waals surface area contributed by atoms with Crippen LogP contribution in [0.1, 0.15) is 95.0 Å². The monoisotopic (exact) mass is 424 g/mol. The molecule has 2 atom stereocenters. The van der Waals surface area contributed by atoms with Crippen molar-refractivity contribution >= 4 is 5.97 Å². The van der Waals surface area contributed by atoms with E-state index in [-0.39, 0.29) is 12.1 Å². The van der Waals surface area contributed by atoms with Crippen LogP contribution in [0.3, 0.4) is 0 Å². The van der Waals surface area contributed by atoms with Gasteiger partial charge in [0.2, 0.25) is 0 Å². The number of carbonyl (C=O) groups excluding carboxylic acids is 1. The molecule has 0 saturated heterocycles. The minimum atomic E-state index is -0.345. The van der Waals surface area contributed by atoms with Gasteiger partial charge >= 0.3 is 5.97 Å². The lowest BCUT2D eigenvalue weighted by atomic mass is 9.99. The Kier molecular flexibility index (Phi) is 11.2. The topological polar surface area (TPSA) is 35.5 Å². The third-order valence-electron chi connectivity index (χ3n) is 5.87. The molecule has 1 unspecified atom stereocenters. The van der Waals surface area contributed by atoms with Crippen molar-refractivity contribution in [2.45, 2.75) is 91.6 Å². The molecular weight excluding hydrogens is 384 g/mol. The summed E-state index contributed by atoms with van der Waals surface area (Å²) >= 11 is 0. The zero-order valence-corrected chi connectivity index (χ0v) is 19.9. The third kappa shape index (κ3) is 9.59. The summed E-state index contributed by atoms with van der Waals surface area (Å²) in [5.41, 5.74) is 1.82. The molecule has 0 aliphatic heterocycles. The SMILES string of the molecule is CCC[C@@H](C)Oc1ccc(C(=O)Oc2ccc(CCCCCCC(C)CC)cc2)cc1. The summed E-state index contributed by atoms with van der Waals surface area (Å²) in [7, 11) is 0. The average Bonchev–Trinajstić information content (AvgIpc) is 2.77. The summed E-state index contributed by atoms with van der Waals surface area (Å²) in [4.78, 5) is 12.4. The number of benzene rings is 2. The van der Waals surface area contributed by atoms with E-state index in [1.54, 1.807) is 12.1 Å². The average molecular weight is 425 g/mol. The largest absolute Gasteiger partial charge is 0.491 e. The van der Waals surface area contributed by atoms with Crippen LogP contribution in [-0.4, -0.2) is 12.1 Å². The molecule has 0 fully saturated rings. The Hall–Kier alpha value is -2.29. The number of aryl methyl sites for hydroxylation is 1. The maximum absolute atomic E-state index is 12.4. The van der Waals surface area contributed by atoms with Gasteiger partial charge in [0.05, 0.1) is 11.7 Å². The van der Waals surface area contributed by atoms with Crippen LogP contribution in [-0.2, 0) is 6.42 Å². The molecule has 0 aliphatic carbocycles. The summed E-state index contributed by atoms with van der Waals surface area (Å²) in [5.74, 6) is 1.87. The maximum Gasteiger partial charge on any atom is 0.343 e. The highest BCUT2D eigenvalue weighted by molar-refractivity contribution is 5.91. The fourth-order valence-corrected chi connectivity index (χ4v) is 3.64. The van der Waals surface area contributed by atoms with Gasteiger partial charge in [-0.1, -0.05) is 71.4 Å². The standard InChI is InChI=1S/C28H40O3/c1-5-11-23(4)30-26-20-16-25(17-21-26)28(29)31-27-18-14-24(15-19-27)13-10-8-7-9-12-22(3)6-2/h14-23H,5-13H2,1-4H3/t22?,23-/m1/s1. The number of unbranched alkanes of at least 4 members (excludes halogenated alkanes) is 3. The molecule has 0 heterocycles. The summed E-state index contributed by atoms with van der Waals surface area (Å²) < 4.78 is 11.4. The molecular formula is C28H40O3. The van der Waals surface area contributed by atoms with Crippen LogP contribution >= 0.6 is 0 Å². The molecule has 3 heteroatoms. The Bertz CT molecular complexity index is 749. The van der Waals surface area contributed by atoms with E-state index in [0.29, 0.717) is 11.3 Å². The van der Waals surface area contributed by atoms with E-state index < -0.39 is 0 Å². The van der Waals surface area contributed by atoms with Gasteiger partial charge < -0.3 is 9.47 Å². The molecule has 2 aromatic carbocycles. The van der Waals surface area contributed by atoms with E-state index >= 15 is 0 Å². The van der Waals surface area contributed by atoms with Crippen molar-refractivity contribution in [2.75, 3.05) is 0 Å². The van der Waals surface area contributed by atoms with Gasteiger partial charge in [-0.25, -0.2) is 4.79 Å². The molecule has 0 amide bonds. The number of hydrogen-bond acceptors (Lipinski definition) is 3. The Morgan fingerprint density at radius 2 is 1.45 bits per heavy atom. The second kappa shape index (κ2) is 13.9. The van der Waals surface area contributed by atoms with Crippen molar-refractivity contribution in [3.63, 3.8) is 0 Å². The molecule has 170 valence electrons. The van der Waals surface area contributed by atoms with E-state index in [0.717, 1.165) is 30.9 Å². The van der Waals surface area contributed by atoms with E-state index in [1.165, 1.54) is 44.1 Å². The summed E-state index contributed by atoms with van der Waals surface area (Å²) in [6.07, 6.45) is 11.1. The highest BCUT2D eigenvalue weighted by atomic mass is 16.5. The molecule has 0 saturated carbocycles. The number of hydrogen-bond donors (Lipinski definition) is 0. The first kappa shape index (κ1) is 25.0. The van der Waals surface area contributed by atoms with Crippen LogP contribution < -0.4 is 9.47 Å². The minimum absolute atomic E-state index is 0.172. The van der Waals surface area contributed by atoms with Gasteiger partial charge in [-0.3, -0.25) is 0 Å². The highest BCUT2D eigenvalue weighted by Gasteiger charge is 2.10. The van der Waals surface area contributed by atoms with Gasteiger partial charge in [-0.05, 0) is 74.1 Å². The second-order valence-corrected chi connectivity index (χ2v) is 8.74. The van der Waals surface area contributed by atoms with Crippen LogP contribution in [0.25, 0.3) is 0 Å². The highest BCUT2D eigenvalue weighted by Crippen LogP contribution is 2.19. The Balaban J connectivity index is 1.73. The molecule has 0 aliphatic rings. The normalized spacial score (nSPS) is 12.9. The fourth-order valence-electron chi connectivity index (χ4n) is 3.64. The van der Waals surface area contributed by atoms with Gasteiger partial charge in [0.25, 0.3) is 0 Å². The zero-order valence-electron chi connectivity index (χ0n) is 19.9. The lowest BCUT2D eigenvalue weighted by Gasteiger charge is -2.13. The first-order valence-corrected chi connectivity index (χ1v) is 12.1.